The normalized spacial score (nSPS) is 26.5. The van der Waals surface area contributed by atoms with Crippen molar-refractivity contribution < 1.29 is 19.2 Å². The van der Waals surface area contributed by atoms with Gasteiger partial charge in [0, 0.05) is 32.6 Å². The van der Waals surface area contributed by atoms with E-state index < -0.39 is 23.8 Å². The molecule has 0 radical (unpaired) electrons. The van der Waals surface area contributed by atoms with Gasteiger partial charge in [0.15, 0.2) is 0 Å². The maximum absolute atomic E-state index is 13.0. The maximum Gasteiger partial charge on any atom is 0.262 e. The molecule has 1 atom stereocenters. The highest BCUT2D eigenvalue weighted by atomic mass is 32.2. The van der Waals surface area contributed by atoms with E-state index in [2.05, 4.69) is 15.5 Å². The molecule has 29 heavy (non-hydrogen) atoms. The summed E-state index contributed by atoms with van der Waals surface area (Å²) in [6.07, 6.45) is 1.43. The number of carbonyl (C=O) groups excluding carboxylic acids is 4. The summed E-state index contributed by atoms with van der Waals surface area (Å²) in [7, 11) is 0. The van der Waals surface area contributed by atoms with Crippen molar-refractivity contribution in [3.8, 4) is 0 Å². The van der Waals surface area contributed by atoms with Crippen molar-refractivity contribution in [2.24, 2.45) is 0 Å². The number of thioether (sulfide) groups is 1. The first-order valence-electron chi connectivity index (χ1n) is 9.93. The number of benzene rings is 1. The van der Waals surface area contributed by atoms with Crippen LogP contribution in [0.1, 0.15) is 45.5 Å². The Balaban J connectivity index is 1.38. The molecule has 1 aromatic rings. The van der Waals surface area contributed by atoms with Gasteiger partial charge < -0.3 is 5.32 Å². The van der Waals surface area contributed by atoms with Crippen molar-refractivity contribution >= 4 is 35.4 Å². The molecule has 9 heteroatoms. The van der Waals surface area contributed by atoms with Gasteiger partial charge in [0.1, 0.15) is 6.04 Å². The lowest BCUT2D eigenvalue weighted by atomic mass is 10.0. The lowest BCUT2D eigenvalue weighted by molar-refractivity contribution is -0.136. The number of rotatable bonds is 3. The Morgan fingerprint density at radius 3 is 2.62 bits per heavy atom. The average Bonchev–Trinajstić information content (AvgIpc) is 2.92. The van der Waals surface area contributed by atoms with Gasteiger partial charge >= 0.3 is 0 Å². The molecule has 0 aromatic heterocycles. The number of nitrogens with one attached hydrogen (secondary N) is 2. The highest BCUT2D eigenvalue weighted by Gasteiger charge is 2.46. The van der Waals surface area contributed by atoms with Crippen LogP contribution in [-0.4, -0.2) is 69.7 Å². The largest absolute Gasteiger partial charge is 0.311 e. The summed E-state index contributed by atoms with van der Waals surface area (Å²) in [5, 5.41) is 5.58. The van der Waals surface area contributed by atoms with E-state index in [0.717, 1.165) is 48.8 Å². The molecule has 2 N–H and O–H groups in total. The molecular formula is C20H22N4O4S. The Kier molecular flexibility index (Phi) is 4.49. The first kappa shape index (κ1) is 18.8. The maximum atomic E-state index is 13.0. The molecule has 4 amide bonds. The van der Waals surface area contributed by atoms with Crippen LogP contribution < -0.4 is 10.6 Å². The second-order valence-corrected chi connectivity index (χ2v) is 9.46. The van der Waals surface area contributed by atoms with E-state index in [9.17, 15) is 19.2 Å². The summed E-state index contributed by atoms with van der Waals surface area (Å²) in [4.78, 5) is 53.0. The number of amides is 4. The quantitative estimate of drug-likeness (QED) is 0.688. The summed E-state index contributed by atoms with van der Waals surface area (Å²) in [6.45, 7) is 3.66. The predicted octanol–water partition coefficient (Wildman–Crippen LogP) is 0.326. The summed E-state index contributed by atoms with van der Waals surface area (Å²) in [5.41, 5.74) is 1.67. The molecule has 1 spiro atoms. The molecule has 3 fully saturated rings. The number of nitrogens with zero attached hydrogens (tertiary/aromatic N) is 2. The van der Waals surface area contributed by atoms with Crippen molar-refractivity contribution in [2.75, 3.05) is 25.4 Å². The minimum Gasteiger partial charge on any atom is -0.311 e. The third-order valence-electron chi connectivity index (χ3n) is 6.20. The molecule has 4 aliphatic rings. The molecule has 0 aliphatic carbocycles. The SMILES string of the molecule is O=C1CCC(N2C(=O)c3ccc(CN4CCCSC45CNC5)cc3C2=O)C(=O)N1. The van der Waals surface area contributed by atoms with Gasteiger partial charge in [-0.2, -0.15) is 0 Å². The number of hydrogen-bond donors (Lipinski definition) is 2. The number of carbonyl (C=O) groups is 4. The molecule has 0 bridgehead atoms. The van der Waals surface area contributed by atoms with Crippen LogP contribution in [0, 0.1) is 0 Å². The molecule has 4 heterocycles. The number of imide groups is 2. The summed E-state index contributed by atoms with van der Waals surface area (Å²) in [6, 6.07) is 4.46. The number of piperidine rings is 1. The molecule has 5 rings (SSSR count). The van der Waals surface area contributed by atoms with E-state index in [-0.39, 0.29) is 23.6 Å². The van der Waals surface area contributed by atoms with Gasteiger partial charge in [0.25, 0.3) is 11.8 Å². The number of fused-ring (bicyclic) bond motifs is 1. The second kappa shape index (κ2) is 6.93. The molecule has 152 valence electrons. The zero-order valence-electron chi connectivity index (χ0n) is 15.9. The summed E-state index contributed by atoms with van der Waals surface area (Å²) in [5.74, 6) is -0.700. The zero-order chi connectivity index (χ0) is 20.2. The Bertz CT molecular complexity index is 929. The second-order valence-electron chi connectivity index (χ2n) is 8.00. The van der Waals surface area contributed by atoms with E-state index in [0.29, 0.717) is 11.1 Å². The summed E-state index contributed by atoms with van der Waals surface area (Å²) >= 11 is 1.99. The molecule has 8 nitrogen and oxygen atoms in total. The van der Waals surface area contributed by atoms with Crippen LogP contribution in [0.15, 0.2) is 18.2 Å². The Labute approximate surface area is 172 Å². The van der Waals surface area contributed by atoms with E-state index in [1.165, 1.54) is 0 Å². The van der Waals surface area contributed by atoms with Gasteiger partial charge in [0.05, 0.1) is 16.0 Å². The smallest absolute Gasteiger partial charge is 0.262 e. The molecule has 0 saturated carbocycles. The molecule has 1 unspecified atom stereocenters. The molecule has 4 aliphatic heterocycles. The van der Waals surface area contributed by atoms with Gasteiger partial charge in [0.2, 0.25) is 11.8 Å². The van der Waals surface area contributed by atoms with Crippen molar-refractivity contribution in [3.05, 3.63) is 34.9 Å². The van der Waals surface area contributed by atoms with Gasteiger partial charge in [-0.15, -0.1) is 11.8 Å². The van der Waals surface area contributed by atoms with Crippen molar-refractivity contribution in [1.82, 2.24) is 20.4 Å². The van der Waals surface area contributed by atoms with Crippen LogP contribution in [0.5, 0.6) is 0 Å². The van der Waals surface area contributed by atoms with Crippen molar-refractivity contribution in [2.45, 2.75) is 36.7 Å². The third kappa shape index (κ3) is 2.99. The Morgan fingerprint density at radius 2 is 1.90 bits per heavy atom. The fourth-order valence-electron chi connectivity index (χ4n) is 4.54. The van der Waals surface area contributed by atoms with Crippen LogP contribution >= 0.6 is 11.8 Å². The number of hydrogen-bond acceptors (Lipinski definition) is 7. The van der Waals surface area contributed by atoms with Crippen molar-refractivity contribution in [1.29, 1.82) is 0 Å². The van der Waals surface area contributed by atoms with E-state index in [4.69, 9.17) is 0 Å². The van der Waals surface area contributed by atoms with E-state index in [1.54, 1.807) is 12.1 Å². The van der Waals surface area contributed by atoms with Gasteiger partial charge in [-0.25, -0.2) is 0 Å². The standard InChI is InChI=1S/C20H22N4O4S/c25-16-5-4-15(17(26)22-16)24-18(27)13-3-2-12(8-14(13)19(24)28)9-23-6-1-7-29-20(23)10-21-11-20/h2-3,8,15,21H,1,4-7,9-11H2,(H,22,25,26). The average molecular weight is 414 g/mol. The Morgan fingerprint density at radius 1 is 1.10 bits per heavy atom. The molecule has 3 saturated heterocycles. The van der Waals surface area contributed by atoms with Crippen molar-refractivity contribution in [3.63, 3.8) is 0 Å². The zero-order valence-corrected chi connectivity index (χ0v) is 16.7. The monoisotopic (exact) mass is 414 g/mol. The van der Waals surface area contributed by atoms with Crippen LogP contribution in [0.3, 0.4) is 0 Å². The van der Waals surface area contributed by atoms with Gasteiger partial charge in [-0.1, -0.05) is 6.07 Å². The van der Waals surface area contributed by atoms with Gasteiger partial charge in [-0.3, -0.25) is 34.3 Å². The van der Waals surface area contributed by atoms with Gasteiger partial charge in [-0.05, 0) is 36.3 Å². The van der Waals surface area contributed by atoms with E-state index >= 15 is 0 Å². The minimum absolute atomic E-state index is 0.123. The fraction of sp³-hybridized carbons (Fsp3) is 0.500. The highest BCUT2D eigenvalue weighted by Crippen LogP contribution is 2.39. The molecular weight excluding hydrogens is 392 g/mol. The predicted molar refractivity (Wildman–Crippen MR) is 106 cm³/mol. The highest BCUT2D eigenvalue weighted by molar-refractivity contribution is 8.00. The first-order chi connectivity index (χ1) is 14.0. The summed E-state index contributed by atoms with van der Waals surface area (Å²) < 4.78 is 0. The lowest BCUT2D eigenvalue weighted by Gasteiger charge is -2.52. The lowest BCUT2D eigenvalue weighted by Crippen LogP contribution is -2.68. The van der Waals surface area contributed by atoms with E-state index in [1.807, 2.05) is 17.8 Å². The fourth-order valence-corrected chi connectivity index (χ4v) is 5.94. The molecule has 1 aromatic carbocycles. The van der Waals surface area contributed by atoms with Crippen LogP contribution in [0.4, 0.5) is 0 Å². The Hall–Kier alpha value is -2.23. The van der Waals surface area contributed by atoms with Crippen LogP contribution in [0.25, 0.3) is 0 Å². The first-order valence-corrected chi connectivity index (χ1v) is 10.9. The minimum atomic E-state index is -0.925. The van der Waals surface area contributed by atoms with Crippen LogP contribution in [0.2, 0.25) is 0 Å². The topological polar surface area (TPSA) is 98.8 Å². The van der Waals surface area contributed by atoms with Crippen LogP contribution in [-0.2, 0) is 16.1 Å². The third-order valence-corrected chi connectivity index (χ3v) is 7.78.